The molecule has 0 saturated carbocycles. The van der Waals surface area contributed by atoms with Gasteiger partial charge in [-0.25, -0.2) is 4.39 Å². The van der Waals surface area contributed by atoms with Crippen LogP contribution in [0.3, 0.4) is 0 Å². The minimum atomic E-state index is -0.489. The molecule has 0 unspecified atom stereocenters. The van der Waals surface area contributed by atoms with Gasteiger partial charge in [0.15, 0.2) is 0 Å². The third kappa shape index (κ3) is 4.18. The lowest BCUT2D eigenvalue weighted by Crippen LogP contribution is -2.07. The lowest BCUT2D eigenvalue weighted by molar-refractivity contribution is -0.111. The van der Waals surface area contributed by atoms with Crippen LogP contribution < -0.4 is 5.32 Å². The summed E-state index contributed by atoms with van der Waals surface area (Å²) in [5.74, 6) is -0.884. The van der Waals surface area contributed by atoms with Crippen molar-refractivity contribution in [3.05, 3.63) is 70.5 Å². The Hall–Kier alpha value is -2.64. The Morgan fingerprint density at radius 1 is 1.27 bits per heavy atom. The van der Waals surface area contributed by atoms with Gasteiger partial charge >= 0.3 is 0 Å². The van der Waals surface area contributed by atoms with Gasteiger partial charge in [-0.1, -0.05) is 29.8 Å². The predicted octanol–water partition coefficient (Wildman–Crippen LogP) is 4.20. The summed E-state index contributed by atoms with van der Waals surface area (Å²) in [6, 6.07) is 13.3. The van der Waals surface area contributed by atoms with Gasteiger partial charge in [0, 0.05) is 17.3 Å². The number of carbonyl (C=O) groups is 1. The molecular weight excluding hydrogens is 303 g/mol. The van der Waals surface area contributed by atoms with Gasteiger partial charge in [0.05, 0.1) is 17.5 Å². The summed E-state index contributed by atoms with van der Waals surface area (Å²) in [7, 11) is 0. The first kappa shape index (κ1) is 15.7. The summed E-state index contributed by atoms with van der Waals surface area (Å²) < 4.78 is 13.6. The van der Waals surface area contributed by atoms with Crippen LogP contribution in [-0.4, -0.2) is 5.91 Å². The van der Waals surface area contributed by atoms with Gasteiger partial charge in [-0.15, -0.1) is 0 Å². The first-order valence-corrected chi connectivity index (χ1v) is 6.87. The highest BCUT2D eigenvalue weighted by Gasteiger charge is 2.04. The van der Waals surface area contributed by atoms with Crippen molar-refractivity contribution in [2.24, 2.45) is 0 Å². The monoisotopic (exact) mass is 314 g/mol. The van der Waals surface area contributed by atoms with Crippen LogP contribution in [0.4, 0.5) is 10.1 Å². The van der Waals surface area contributed by atoms with Crippen molar-refractivity contribution in [3.63, 3.8) is 0 Å². The molecule has 0 saturated heterocycles. The van der Waals surface area contributed by atoms with Crippen LogP contribution >= 0.6 is 11.6 Å². The van der Waals surface area contributed by atoms with Crippen LogP contribution in [-0.2, 0) is 11.2 Å². The molecular formula is C17H12ClFN2O. The van der Waals surface area contributed by atoms with Gasteiger partial charge in [-0.05, 0) is 35.9 Å². The van der Waals surface area contributed by atoms with Crippen LogP contribution in [0.2, 0.25) is 5.02 Å². The molecule has 0 fully saturated rings. The number of carbonyl (C=O) groups excluding carboxylic acids is 1. The van der Waals surface area contributed by atoms with Crippen LogP contribution in [0.15, 0.2) is 48.5 Å². The van der Waals surface area contributed by atoms with Crippen LogP contribution in [0, 0.1) is 17.1 Å². The number of nitrogens with zero attached hydrogens (tertiary/aromatic N) is 1. The summed E-state index contributed by atoms with van der Waals surface area (Å²) in [6.07, 6.45) is 2.87. The second-order valence-corrected chi connectivity index (χ2v) is 4.90. The standard InChI is InChI=1S/C17H12ClFN2O/c18-15-2-1-3-16(19)14(15)8-9-17(22)21-13-6-4-12(5-7-13)10-11-20/h1-9H,10H2,(H,21,22)/b9-8+. The zero-order valence-electron chi connectivity index (χ0n) is 11.5. The fourth-order valence-corrected chi connectivity index (χ4v) is 2.04. The van der Waals surface area contributed by atoms with Gasteiger partial charge in [-0.3, -0.25) is 4.79 Å². The van der Waals surface area contributed by atoms with Crippen molar-refractivity contribution in [1.29, 1.82) is 5.26 Å². The molecule has 22 heavy (non-hydrogen) atoms. The molecule has 0 aliphatic carbocycles. The molecule has 110 valence electrons. The van der Waals surface area contributed by atoms with E-state index in [0.717, 1.165) is 5.56 Å². The average molecular weight is 315 g/mol. The average Bonchev–Trinajstić information content (AvgIpc) is 2.49. The lowest BCUT2D eigenvalue weighted by atomic mass is 10.1. The lowest BCUT2D eigenvalue weighted by Gasteiger charge is -2.03. The molecule has 0 heterocycles. The summed E-state index contributed by atoms with van der Waals surface area (Å²) in [6.45, 7) is 0. The third-order valence-electron chi connectivity index (χ3n) is 2.91. The first-order valence-electron chi connectivity index (χ1n) is 6.49. The number of anilines is 1. The minimum absolute atomic E-state index is 0.170. The fraction of sp³-hybridized carbons (Fsp3) is 0.0588. The summed E-state index contributed by atoms with van der Waals surface area (Å²) in [4.78, 5) is 11.8. The highest BCUT2D eigenvalue weighted by Crippen LogP contribution is 2.20. The molecule has 5 heteroatoms. The van der Waals surface area contributed by atoms with E-state index >= 15 is 0 Å². The van der Waals surface area contributed by atoms with E-state index in [0.29, 0.717) is 12.1 Å². The minimum Gasteiger partial charge on any atom is -0.323 e. The van der Waals surface area contributed by atoms with Crippen molar-refractivity contribution in [2.45, 2.75) is 6.42 Å². The number of halogens is 2. The Morgan fingerprint density at radius 2 is 2.00 bits per heavy atom. The molecule has 2 rings (SSSR count). The topological polar surface area (TPSA) is 52.9 Å². The van der Waals surface area contributed by atoms with Gasteiger partial charge < -0.3 is 5.32 Å². The van der Waals surface area contributed by atoms with E-state index in [4.69, 9.17) is 16.9 Å². The molecule has 0 spiro atoms. The van der Waals surface area contributed by atoms with E-state index in [1.165, 1.54) is 24.3 Å². The SMILES string of the molecule is N#CCc1ccc(NC(=O)/C=C/c2c(F)cccc2Cl)cc1. The van der Waals surface area contributed by atoms with E-state index in [1.54, 1.807) is 30.3 Å². The number of amides is 1. The zero-order valence-corrected chi connectivity index (χ0v) is 12.3. The van der Waals surface area contributed by atoms with E-state index in [-0.39, 0.29) is 10.6 Å². The van der Waals surface area contributed by atoms with Crippen molar-refractivity contribution in [3.8, 4) is 6.07 Å². The van der Waals surface area contributed by atoms with E-state index < -0.39 is 11.7 Å². The van der Waals surface area contributed by atoms with Crippen molar-refractivity contribution in [2.75, 3.05) is 5.32 Å². The molecule has 1 amide bonds. The second-order valence-electron chi connectivity index (χ2n) is 4.49. The number of nitrogens with one attached hydrogen (secondary N) is 1. The third-order valence-corrected chi connectivity index (χ3v) is 3.24. The maximum absolute atomic E-state index is 13.6. The maximum Gasteiger partial charge on any atom is 0.248 e. The van der Waals surface area contributed by atoms with Gasteiger partial charge in [0.1, 0.15) is 5.82 Å². The van der Waals surface area contributed by atoms with E-state index in [2.05, 4.69) is 5.32 Å². The van der Waals surface area contributed by atoms with Crippen molar-refractivity contribution >= 4 is 29.3 Å². The number of benzene rings is 2. The Morgan fingerprint density at radius 3 is 2.64 bits per heavy atom. The highest BCUT2D eigenvalue weighted by atomic mass is 35.5. The first-order chi connectivity index (χ1) is 10.6. The quantitative estimate of drug-likeness (QED) is 0.860. The Balaban J connectivity index is 2.04. The molecule has 2 aromatic carbocycles. The summed E-state index contributed by atoms with van der Waals surface area (Å²) in [5, 5.41) is 11.5. The van der Waals surface area contributed by atoms with Crippen molar-refractivity contribution in [1.82, 2.24) is 0 Å². The van der Waals surface area contributed by atoms with Gasteiger partial charge in [0.2, 0.25) is 5.91 Å². The van der Waals surface area contributed by atoms with Crippen LogP contribution in [0.5, 0.6) is 0 Å². The number of nitriles is 1. The smallest absolute Gasteiger partial charge is 0.248 e. The van der Waals surface area contributed by atoms with E-state index in [1.807, 2.05) is 6.07 Å². The normalized spacial score (nSPS) is 10.4. The largest absolute Gasteiger partial charge is 0.323 e. The van der Waals surface area contributed by atoms with Crippen molar-refractivity contribution < 1.29 is 9.18 Å². The Labute approximate surface area is 132 Å². The van der Waals surface area contributed by atoms with E-state index in [9.17, 15) is 9.18 Å². The predicted molar refractivity (Wildman–Crippen MR) is 84.8 cm³/mol. The molecule has 0 aliphatic rings. The molecule has 0 bridgehead atoms. The molecule has 1 N–H and O–H groups in total. The number of hydrogen-bond donors (Lipinski definition) is 1. The molecule has 2 aromatic rings. The zero-order chi connectivity index (χ0) is 15.9. The van der Waals surface area contributed by atoms with Gasteiger partial charge in [-0.2, -0.15) is 5.26 Å². The van der Waals surface area contributed by atoms with Crippen LogP contribution in [0.1, 0.15) is 11.1 Å². The summed E-state index contributed by atoms with van der Waals surface area (Å²) >= 11 is 5.87. The Kier molecular flexibility index (Phi) is 5.29. The molecule has 0 aromatic heterocycles. The maximum atomic E-state index is 13.6. The number of hydrogen-bond acceptors (Lipinski definition) is 2. The second kappa shape index (κ2) is 7.39. The van der Waals surface area contributed by atoms with Gasteiger partial charge in [0.25, 0.3) is 0 Å². The summed E-state index contributed by atoms with van der Waals surface area (Å²) in [5.41, 5.74) is 1.63. The van der Waals surface area contributed by atoms with Crippen LogP contribution in [0.25, 0.3) is 6.08 Å². The fourth-order valence-electron chi connectivity index (χ4n) is 1.81. The highest BCUT2D eigenvalue weighted by molar-refractivity contribution is 6.32. The molecule has 0 atom stereocenters. The molecule has 3 nitrogen and oxygen atoms in total. The molecule has 0 aliphatic heterocycles. The molecule has 0 radical (unpaired) electrons. The Bertz CT molecular complexity index is 728. The number of rotatable bonds is 4.